The summed E-state index contributed by atoms with van der Waals surface area (Å²) in [5.74, 6) is -0.114. The number of rotatable bonds is 4. The van der Waals surface area contributed by atoms with Gasteiger partial charge in [0.15, 0.2) is 0 Å². The number of piperidine rings is 1. The maximum Gasteiger partial charge on any atom is 0.241 e. The van der Waals surface area contributed by atoms with Crippen molar-refractivity contribution < 1.29 is 13.2 Å². The molecule has 3 N–H and O–H groups in total. The number of carbonyl (C=O) groups excluding carboxylic acids is 1. The van der Waals surface area contributed by atoms with Gasteiger partial charge in [0, 0.05) is 5.69 Å². The lowest BCUT2D eigenvalue weighted by Crippen LogP contribution is -2.43. The van der Waals surface area contributed by atoms with Crippen LogP contribution in [0.15, 0.2) is 23.1 Å². The molecule has 1 aliphatic rings. The summed E-state index contributed by atoms with van der Waals surface area (Å²) in [6.07, 6.45) is 2.91. The fraction of sp³-hybridized carbons (Fsp3) is 0.500. The van der Waals surface area contributed by atoms with E-state index in [-0.39, 0.29) is 16.8 Å². The topological polar surface area (TPSA) is 87.3 Å². The molecule has 2 rings (SSSR count). The first-order chi connectivity index (χ1) is 9.94. The molecular formula is C14H21N3O3S. The van der Waals surface area contributed by atoms with Crippen molar-refractivity contribution in [2.75, 3.05) is 18.9 Å². The zero-order valence-corrected chi connectivity index (χ0v) is 13.1. The summed E-state index contributed by atoms with van der Waals surface area (Å²) >= 11 is 0. The van der Waals surface area contributed by atoms with Gasteiger partial charge in [-0.05, 0) is 51.1 Å². The van der Waals surface area contributed by atoms with Crippen LogP contribution in [0.2, 0.25) is 0 Å². The quantitative estimate of drug-likeness (QED) is 0.773. The first-order valence-corrected chi connectivity index (χ1v) is 8.51. The third kappa shape index (κ3) is 3.81. The van der Waals surface area contributed by atoms with E-state index in [2.05, 4.69) is 15.4 Å². The number of hydrogen-bond acceptors (Lipinski definition) is 4. The van der Waals surface area contributed by atoms with Crippen LogP contribution >= 0.6 is 0 Å². The number of anilines is 1. The van der Waals surface area contributed by atoms with Crippen LogP contribution in [0, 0.1) is 6.92 Å². The van der Waals surface area contributed by atoms with E-state index in [0.29, 0.717) is 5.69 Å². The highest BCUT2D eigenvalue weighted by atomic mass is 32.2. The van der Waals surface area contributed by atoms with Gasteiger partial charge in [0.25, 0.3) is 0 Å². The molecule has 0 unspecified atom stereocenters. The number of hydrogen-bond donors (Lipinski definition) is 3. The molecule has 1 amide bonds. The molecule has 0 bridgehead atoms. The second-order valence-corrected chi connectivity index (χ2v) is 7.06. The van der Waals surface area contributed by atoms with Crippen molar-refractivity contribution in [1.82, 2.24) is 10.0 Å². The minimum atomic E-state index is -3.52. The molecule has 1 saturated heterocycles. The molecule has 1 atom stereocenters. The zero-order chi connectivity index (χ0) is 15.5. The molecule has 0 aromatic heterocycles. The normalized spacial score (nSPS) is 19.2. The molecule has 1 fully saturated rings. The van der Waals surface area contributed by atoms with Gasteiger partial charge in [-0.3, -0.25) is 4.79 Å². The van der Waals surface area contributed by atoms with Crippen LogP contribution in [0.5, 0.6) is 0 Å². The first-order valence-electron chi connectivity index (χ1n) is 7.02. The van der Waals surface area contributed by atoms with Gasteiger partial charge in [0.1, 0.15) is 0 Å². The van der Waals surface area contributed by atoms with Crippen molar-refractivity contribution in [3.63, 3.8) is 0 Å². The molecular weight excluding hydrogens is 290 g/mol. The fourth-order valence-electron chi connectivity index (χ4n) is 2.32. The van der Waals surface area contributed by atoms with Gasteiger partial charge in [-0.15, -0.1) is 0 Å². The van der Waals surface area contributed by atoms with E-state index in [1.807, 2.05) is 6.92 Å². The highest BCUT2D eigenvalue weighted by Gasteiger charge is 2.21. The van der Waals surface area contributed by atoms with E-state index in [1.165, 1.54) is 19.2 Å². The van der Waals surface area contributed by atoms with E-state index in [1.54, 1.807) is 6.07 Å². The van der Waals surface area contributed by atoms with E-state index >= 15 is 0 Å². The molecule has 0 aliphatic carbocycles. The lowest BCUT2D eigenvalue weighted by atomic mass is 10.0. The number of aryl methyl sites for hydroxylation is 1. The number of carbonyl (C=O) groups is 1. The second-order valence-electron chi connectivity index (χ2n) is 5.18. The summed E-state index contributed by atoms with van der Waals surface area (Å²) in [4.78, 5) is 12.4. The van der Waals surface area contributed by atoms with Crippen molar-refractivity contribution in [3.8, 4) is 0 Å². The average Bonchev–Trinajstić information content (AvgIpc) is 2.50. The van der Waals surface area contributed by atoms with Crippen LogP contribution < -0.4 is 15.4 Å². The SMILES string of the molecule is CNS(=O)(=O)c1ccc(C)c(NC(=O)[C@H]2CCCCN2)c1. The molecule has 1 aromatic carbocycles. The van der Waals surface area contributed by atoms with Crippen molar-refractivity contribution in [1.29, 1.82) is 0 Å². The molecule has 0 saturated carbocycles. The average molecular weight is 311 g/mol. The van der Waals surface area contributed by atoms with Crippen LogP contribution in [0.1, 0.15) is 24.8 Å². The van der Waals surface area contributed by atoms with Gasteiger partial charge < -0.3 is 10.6 Å². The van der Waals surface area contributed by atoms with Crippen LogP contribution in [-0.2, 0) is 14.8 Å². The predicted octanol–water partition coefficient (Wildman–Crippen LogP) is 0.984. The Balaban J connectivity index is 2.19. The molecule has 0 spiro atoms. The maximum atomic E-state index is 12.2. The minimum Gasteiger partial charge on any atom is -0.324 e. The van der Waals surface area contributed by atoms with Crippen LogP contribution in [-0.4, -0.2) is 34.0 Å². The van der Waals surface area contributed by atoms with Gasteiger partial charge in [-0.2, -0.15) is 0 Å². The molecule has 21 heavy (non-hydrogen) atoms. The number of benzene rings is 1. The monoisotopic (exact) mass is 311 g/mol. The molecule has 0 radical (unpaired) electrons. The minimum absolute atomic E-state index is 0.114. The Kier molecular flexibility index (Phi) is 4.97. The van der Waals surface area contributed by atoms with Crippen molar-refractivity contribution >= 4 is 21.6 Å². The molecule has 7 heteroatoms. The second kappa shape index (κ2) is 6.55. The van der Waals surface area contributed by atoms with E-state index in [0.717, 1.165) is 31.4 Å². The standard InChI is InChI=1S/C14H21N3O3S/c1-10-6-7-11(21(19,20)15-2)9-13(10)17-14(18)12-5-3-4-8-16-12/h6-7,9,12,15-16H,3-5,8H2,1-2H3,(H,17,18)/t12-/m1/s1. The summed E-state index contributed by atoms with van der Waals surface area (Å²) in [7, 11) is -2.15. The fourth-order valence-corrected chi connectivity index (χ4v) is 3.07. The van der Waals surface area contributed by atoms with Gasteiger partial charge >= 0.3 is 0 Å². The predicted molar refractivity (Wildman–Crippen MR) is 81.7 cm³/mol. The number of nitrogens with one attached hydrogen (secondary N) is 3. The third-order valence-electron chi connectivity index (χ3n) is 3.67. The Morgan fingerprint density at radius 1 is 1.33 bits per heavy atom. The highest BCUT2D eigenvalue weighted by molar-refractivity contribution is 7.89. The summed E-state index contributed by atoms with van der Waals surface area (Å²) < 4.78 is 25.9. The van der Waals surface area contributed by atoms with Crippen molar-refractivity contribution in [3.05, 3.63) is 23.8 Å². The number of amides is 1. The molecule has 1 heterocycles. The molecule has 1 aliphatic heterocycles. The van der Waals surface area contributed by atoms with Gasteiger partial charge in [0.2, 0.25) is 15.9 Å². The van der Waals surface area contributed by atoms with Gasteiger partial charge in [-0.25, -0.2) is 13.1 Å². The van der Waals surface area contributed by atoms with Crippen LogP contribution in [0.25, 0.3) is 0 Å². The summed E-state index contributed by atoms with van der Waals surface area (Å²) in [6.45, 7) is 2.67. The van der Waals surface area contributed by atoms with E-state index in [4.69, 9.17) is 0 Å². The zero-order valence-electron chi connectivity index (χ0n) is 12.3. The van der Waals surface area contributed by atoms with E-state index < -0.39 is 10.0 Å². The smallest absolute Gasteiger partial charge is 0.241 e. The summed E-state index contributed by atoms with van der Waals surface area (Å²) in [5.41, 5.74) is 1.36. The number of sulfonamides is 1. The van der Waals surface area contributed by atoms with Crippen molar-refractivity contribution in [2.45, 2.75) is 37.1 Å². The summed E-state index contributed by atoms with van der Waals surface area (Å²) in [5, 5.41) is 5.99. The Morgan fingerprint density at radius 3 is 2.71 bits per heavy atom. The lowest BCUT2D eigenvalue weighted by molar-refractivity contribution is -0.118. The highest BCUT2D eigenvalue weighted by Crippen LogP contribution is 2.21. The van der Waals surface area contributed by atoms with Gasteiger partial charge in [-0.1, -0.05) is 12.5 Å². The summed E-state index contributed by atoms with van der Waals surface area (Å²) in [6, 6.07) is 4.49. The van der Waals surface area contributed by atoms with Gasteiger partial charge in [0.05, 0.1) is 10.9 Å². The first kappa shape index (κ1) is 15.9. The molecule has 6 nitrogen and oxygen atoms in total. The van der Waals surface area contributed by atoms with Crippen LogP contribution in [0.4, 0.5) is 5.69 Å². The van der Waals surface area contributed by atoms with E-state index in [9.17, 15) is 13.2 Å². The van der Waals surface area contributed by atoms with Crippen molar-refractivity contribution in [2.24, 2.45) is 0 Å². The molecule has 116 valence electrons. The van der Waals surface area contributed by atoms with Crippen LogP contribution in [0.3, 0.4) is 0 Å². The largest absolute Gasteiger partial charge is 0.324 e. The lowest BCUT2D eigenvalue weighted by Gasteiger charge is -2.23. The Hall–Kier alpha value is -1.44. The Labute approximate surface area is 125 Å². The maximum absolute atomic E-state index is 12.2. The third-order valence-corrected chi connectivity index (χ3v) is 5.08. The Morgan fingerprint density at radius 2 is 2.10 bits per heavy atom. The Bertz CT molecular complexity index is 622. The molecule has 1 aromatic rings.